The predicted octanol–water partition coefficient (Wildman–Crippen LogP) is 6.75. The number of ether oxygens (including phenoxy) is 1. The van der Waals surface area contributed by atoms with Crippen LogP contribution in [0.2, 0.25) is 0 Å². The Hall–Kier alpha value is -1.24. The van der Waals surface area contributed by atoms with E-state index in [1.165, 1.54) is 16.7 Å². The molecule has 0 aromatic heterocycles. The summed E-state index contributed by atoms with van der Waals surface area (Å²) in [6.45, 7) is 22.6. The molecule has 0 heterocycles. The van der Waals surface area contributed by atoms with E-state index in [-0.39, 0.29) is 10.8 Å². The first kappa shape index (κ1) is 19.8. The highest BCUT2D eigenvalue weighted by Gasteiger charge is 2.28. The van der Waals surface area contributed by atoms with Crippen LogP contribution in [0, 0.1) is 0 Å². The summed E-state index contributed by atoms with van der Waals surface area (Å²) in [7, 11) is 0. The third-order valence-electron chi connectivity index (χ3n) is 4.43. The lowest BCUT2D eigenvalue weighted by Gasteiger charge is -2.31. The van der Waals surface area contributed by atoms with Crippen molar-refractivity contribution in [1.29, 1.82) is 0 Å². The standard InChI is InChI=1S/C22H36O/c1-10-13-16(11-2)17-14-18(21(4,5)6)20(23-12-3)19(15-17)22(7,8)9/h10,14-16H,1,11-13H2,2-9H3. The molecular weight excluding hydrogens is 280 g/mol. The number of benzene rings is 1. The van der Waals surface area contributed by atoms with Gasteiger partial charge >= 0.3 is 0 Å². The molecule has 130 valence electrons. The lowest BCUT2D eigenvalue weighted by Crippen LogP contribution is -2.21. The SMILES string of the molecule is C=CCC(CC)c1cc(C(C)(C)C)c(OCC)c(C(C)(C)C)c1. The minimum atomic E-state index is 0.0625. The Balaban J connectivity index is 3.67. The van der Waals surface area contributed by atoms with Crippen molar-refractivity contribution in [3.63, 3.8) is 0 Å². The summed E-state index contributed by atoms with van der Waals surface area (Å²) < 4.78 is 6.13. The van der Waals surface area contributed by atoms with Crippen LogP contribution >= 0.6 is 0 Å². The molecule has 0 bridgehead atoms. The highest BCUT2D eigenvalue weighted by atomic mass is 16.5. The predicted molar refractivity (Wildman–Crippen MR) is 103 cm³/mol. The summed E-state index contributed by atoms with van der Waals surface area (Å²) >= 11 is 0. The van der Waals surface area contributed by atoms with Gasteiger partial charge in [0.15, 0.2) is 0 Å². The molecule has 1 atom stereocenters. The highest BCUT2D eigenvalue weighted by Crippen LogP contribution is 2.42. The van der Waals surface area contributed by atoms with Crippen molar-refractivity contribution in [1.82, 2.24) is 0 Å². The van der Waals surface area contributed by atoms with Gasteiger partial charge in [-0.2, -0.15) is 0 Å². The van der Waals surface area contributed by atoms with E-state index in [0.717, 1.165) is 18.6 Å². The minimum absolute atomic E-state index is 0.0625. The minimum Gasteiger partial charge on any atom is -0.493 e. The molecule has 0 aliphatic carbocycles. The first-order chi connectivity index (χ1) is 10.6. The van der Waals surface area contributed by atoms with Gasteiger partial charge in [0.05, 0.1) is 6.61 Å². The van der Waals surface area contributed by atoms with E-state index in [4.69, 9.17) is 4.74 Å². The zero-order valence-electron chi connectivity index (χ0n) is 16.5. The molecule has 0 amide bonds. The van der Waals surface area contributed by atoms with Crippen molar-refractivity contribution in [2.24, 2.45) is 0 Å². The monoisotopic (exact) mass is 316 g/mol. The molecule has 23 heavy (non-hydrogen) atoms. The van der Waals surface area contributed by atoms with Crippen molar-refractivity contribution in [3.8, 4) is 5.75 Å². The Morgan fingerprint density at radius 3 is 1.78 bits per heavy atom. The van der Waals surface area contributed by atoms with Crippen LogP contribution in [0.25, 0.3) is 0 Å². The van der Waals surface area contributed by atoms with E-state index in [0.29, 0.717) is 12.5 Å². The molecule has 1 heteroatoms. The molecule has 1 unspecified atom stereocenters. The van der Waals surface area contributed by atoms with Gasteiger partial charge in [0.1, 0.15) is 5.75 Å². The first-order valence-corrected chi connectivity index (χ1v) is 8.98. The molecule has 1 aromatic rings. The lowest BCUT2D eigenvalue weighted by molar-refractivity contribution is 0.319. The van der Waals surface area contributed by atoms with Gasteiger partial charge in [0.2, 0.25) is 0 Å². The summed E-state index contributed by atoms with van der Waals surface area (Å²) in [6, 6.07) is 4.75. The molecule has 1 nitrogen and oxygen atoms in total. The second-order valence-corrected chi connectivity index (χ2v) is 8.51. The first-order valence-electron chi connectivity index (χ1n) is 8.98. The second-order valence-electron chi connectivity index (χ2n) is 8.51. The van der Waals surface area contributed by atoms with Gasteiger partial charge in [-0.1, -0.05) is 66.7 Å². The van der Waals surface area contributed by atoms with Crippen molar-refractivity contribution < 1.29 is 4.74 Å². The van der Waals surface area contributed by atoms with Gasteiger partial charge in [0.25, 0.3) is 0 Å². The zero-order chi connectivity index (χ0) is 17.8. The quantitative estimate of drug-likeness (QED) is 0.527. The molecule has 1 rings (SSSR count). The van der Waals surface area contributed by atoms with Crippen LogP contribution in [-0.2, 0) is 10.8 Å². The molecule has 0 N–H and O–H groups in total. The number of hydrogen-bond acceptors (Lipinski definition) is 1. The van der Waals surface area contributed by atoms with E-state index in [1.807, 2.05) is 6.08 Å². The van der Waals surface area contributed by atoms with Gasteiger partial charge in [0, 0.05) is 11.1 Å². The molecule has 0 spiro atoms. The normalized spacial score (nSPS) is 13.7. The van der Waals surface area contributed by atoms with Gasteiger partial charge in [-0.3, -0.25) is 0 Å². The number of hydrogen-bond donors (Lipinski definition) is 0. The van der Waals surface area contributed by atoms with Crippen molar-refractivity contribution >= 4 is 0 Å². The third-order valence-corrected chi connectivity index (χ3v) is 4.43. The van der Waals surface area contributed by atoms with E-state index in [2.05, 4.69) is 74.1 Å². The van der Waals surface area contributed by atoms with Crippen LogP contribution in [-0.4, -0.2) is 6.61 Å². The Labute approximate surface area is 144 Å². The second kappa shape index (κ2) is 7.55. The molecule has 0 radical (unpaired) electrons. The molecular formula is C22H36O. The zero-order valence-corrected chi connectivity index (χ0v) is 16.5. The molecule has 0 saturated carbocycles. The summed E-state index contributed by atoms with van der Waals surface area (Å²) in [5.41, 5.74) is 4.19. The van der Waals surface area contributed by atoms with E-state index >= 15 is 0 Å². The van der Waals surface area contributed by atoms with Crippen LogP contribution < -0.4 is 4.74 Å². The smallest absolute Gasteiger partial charge is 0.126 e. The van der Waals surface area contributed by atoms with Gasteiger partial charge in [-0.05, 0) is 42.1 Å². The summed E-state index contributed by atoms with van der Waals surface area (Å²) in [4.78, 5) is 0. The van der Waals surface area contributed by atoms with Gasteiger partial charge < -0.3 is 4.74 Å². The fourth-order valence-electron chi connectivity index (χ4n) is 3.04. The van der Waals surface area contributed by atoms with Crippen LogP contribution in [0.1, 0.15) is 90.8 Å². The Bertz CT molecular complexity index is 491. The maximum Gasteiger partial charge on any atom is 0.126 e. The molecule has 0 aliphatic heterocycles. The fraction of sp³-hybridized carbons (Fsp3) is 0.636. The third kappa shape index (κ3) is 4.86. The summed E-state index contributed by atoms with van der Waals surface area (Å²) in [5, 5.41) is 0. The molecule has 0 saturated heterocycles. The van der Waals surface area contributed by atoms with Crippen molar-refractivity contribution in [2.45, 2.75) is 85.0 Å². The lowest BCUT2D eigenvalue weighted by atomic mass is 9.76. The Morgan fingerprint density at radius 2 is 1.48 bits per heavy atom. The van der Waals surface area contributed by atoms with Crippen LogP contribution in [0.5, 0.6) is 5.75 Å². The maximum absolute atomic E-state index is 6.13. The maximum atomic E-state index is 6.13. The topological polar surface area (TPSA) is 9.23 Å². The Kier molecular flexibility index (Phi) is 6.50. The van der Waals surface area contributed by atoms with Crippen molar-refractivity contribution in [2.75, 3.05) is 6.61 Å². The van der Waals surface area contributed by atoms with Crippen LogP contribution in [0.3, 0.4) is 0 Å². The molecule has 1 aromatic carbocycles. The summed E-state index contributed by atoms with van der Waals surface area (Å²) in [6.07, 6.45) is 4.20. The Morgan fingerprint density at radius 1 is 1.00 bits per heavy atom. The van der Waals surface area contributed by atoms with E-state index in [1.54, 1.807) is 0 Å². The van der Waals surface area contributed by atoms with E-state index < -0.39 is 0 Å². The van der Waals surface area contributed by atoms with Crippen molar-refractivity contribution in [3.05, 3.63) is 41.5 Å². The highest BCUT2D eigenvalue weighted by molar-refractivity contribution is 5.51. The number of rotatable bonds is 6. The average Bonchev–Trinajstić information content (AvgIpc) is 2.43. The van der Waals surface area contributed by atoms with Gasteiger partial charge in [-0.15, -0.1) is 6.58 Å². The average molecular weight is 317 g/mol. The van der Waals surface area contributed by atoms with E-state index in [9.17, 15) is 0 Å². The largest absolute Gasteiger partial charge is 0.493 e. The molecule has 0 fully saturated rings. The van der Waals surface area contributed by atoms with Gasteiger partial charge in [-0.25, -0.2) is 0 Å². The fourth-order valence-corrected chi connectivity index (χ4v) is 3.04. The van der Waals surface area contributed by atoms with Crippen LogP contribution in [0.4, 0.5) is 0 Å². The number of allylic oxidation sites excluding steroid dienone is 1. The van der Waals surface area contributed by atoms with Crippen LogP contribution in [0.15, 0.2) is 24.8 Å². The summed E-state index contributed by atoms with van der Waals surface area (Å²) in [5.74, 6) is 1.62. The molecule has 0 aliphatic rings.